The van der Waals surface area contributed by atoms with Gasteiger partial charge >= 0.3 is 0 Å². The predicted octanol–water partition coefficient (Wildman–Crippen LogP) is 5.17. The van der Waals surface area contributed by atoms with Gasteiger partial charge in [0.1, 0.15) is 5.60 Å². The van der Waals surface area contributed by atoms with Crippen LogP contribution in [0.2, 0.25) is 0 Å². The first kappa shape index (κ1) is 20.7. The van der Waals surface area contributed by atoms with Gasteiger partial charge in [-0.1, -0.05) is 43.0 Å². The maximum atomic E-state index is 11.8. The second-order valence-electron chi connectivity index (χ2n) is 10.5. The zero-order valence-electron chi connectivity index (χ0n) is 18.5. The van der Waals surface area contributed by atoms with Crippen molar-refractivity contribution in [1.29, 1.82) is 0 Å². The maximum absolute atomic E-state index is 11.8. The normalized spacial score (nSPS) is 29.6. The quantitative estimate of drug-likeness (QED) is 0.652. The first-order chi connectivity index (χ1) is 14.7. The van der Waals surface area contributed by atoms with E-state index in [1.807, 2.05) is 0 Å². The molecule has 0 aromatic carbocycles. The van der Waals surface area contributed by atoms with Gasteiger partial charge in [0.05, 0.1) is 0 Å². The van der Waals surface area contributed by atoms with Crippen LogP contribution in [0.15, 0.2) is 16.7 Å². The van der Waals surface area contributed by atoms with E-state index in [1.54, 1.807) is 0 Å². The third kappa shape index (κ3) is 4.12. The Labute approximate surface area is 181 Å². The number of rotatable bonds is 6. The molecule has 1 saturated heterocycles. The minimum Gasteiger partial charge on any atom is -0.381 e. The first-order valence-electron chi connectivity index (χ1n) is 12.7. The van der Waals surface area contributed by atoms with Gasteiger partial charge in [0.15, 0.2) is 0 Å². The van der Waals surface area contributed by atoms with Crippen molar-refractivity contribution in [3.8, 4) is 0 Å². The maximum Gasteiger partial charge on any atom is 0.229 e. The summed E-state index contributed by atoms with van der Waals surface area (Å²) < 4.78 is 5.78. The topological polar surface area (TPSA) is 62.4 Å². The summed E-state index contributed by atoms with van der Waals surface area (Å²) in [5, 5.41) is 16.2. The molecule has 2 saturated carbocycles. The Morgan fingerprint density at radius 3 is 2.43 bits per heavy atom. The highest BCUT2D eigenvalue weighted by Crippen LogP contribution is 2.49. The van der Waals surface area contributed by atoms with E-state index in [4.69, 9.17) is 9.51 Å². The molecule has 4 aliphatic rings. The summed E-state index contributed by atoms with van der Waals surface area (Å²) in [7, 11) is 0. The molecule has 5 nitrogen and oxygen atoms in total. The van der Waals surface area contributed by atoms with Crippen molar-refractivity contribution < 1.29 is 9.63 Å². The average molecular weight is 414 g/mol. The Kier molecular flexibility index (Phi) is 6.29. The number of aliphatic hydroxyl groups is 1. The molecule has 30 heavy (non-hydrogen) atoms. The van der Waals surface area contributed by atoms with Gasteiger partial charge in [-0.15, -0.1) is 0 Å². The smallest absolute Gasteiger partial charge is 0.229 e. The van der Waals surface area contributed by atoms with Crippen LogP contribution in [0, 0.1) is 17.8 Å². The van der Waals surface area contributed by atoms with Crippen LogP contribution in [0.5, 0.6) is 0 Å². The van der Waals surface area contributed by atoms with Crippen LogP contribution in [0.25, 0.3) is 0 Å². The molecule has 0 spiro atoms. The molecule has 5 rings (SSSR count). The fraction of sp³-hybridized carbons (Fsp3) is 0.840. The first-order valence-corrected chi connectivity index (χ1v) is 12.7. The van der Waals surface area contributed by atoms with Gasteiger partial charge in [-0.25, -0.2) is 0 Å². The molecule has 0 radical (unpaired) electrons. The lowest BCUT2D eigenvalue weighted by molar-refractivity contribution is -0.101. The molecule has 5 heteroatoms. The van der Waals surface area contributed by atoms with Gasteiger partial charge in [-0.05, 0) is 82.7 Å². The van der Waals surface area contributed by atoms with Crippen molar-refractivity contribution in [2.75, 3.05) is 19.6 Å². The Morgan fingerprint density at radius 2 is 1.77 bits per heavy atom. The molecule has 2 atom stereocenters. The summed E-state index contributed by atoms with van der Waals surface area (Å²) in [5.41, 5.74) is -0.946. The summed E-state index contributed by atoms with van der Waals surface area (Å²) in [6, 6.07) is 0. The molecule has 2 heterocycles. The molecule has 1 aromatic rings. The molecule has 2 unspecified atom stereocenters. The monoisotopic (exact) mass is 413 g/mol. The van der Waals surface area contributed by atoms with Crippen molar-refractivity contribution in [2.24, 2.45) is 17.8 Å². The number of hydrogen-bond donors (Lipinski definition) is 1. The lowest BCUT2D eigenvalue weighted by Crippen LogP contribution is -2.46. The highest BCUT2D eigenvalue weighted by Gasteiger charge is 2.50. The molecule has 166 valence electrons. The van der Waals surface area contributed by atoms with Crippen molar-refractivity contribution in [3.63, 3.8) is 0 Å². The van der Waals surface area contributed by atoms with Crippen LogP contribution in [-0.2, 0) is 5.60 Å². The third-order valence-electron chi connectivity index (χ3n) is 8.53. The molecule has 0 amide bonds. The molecule has 0 bridgehead atoms. The standard InChI is InChI=1S/C25H39N3O2/c29-25(22-12-7-13-22,21-10-5-2-6-11-21)24-26-23(30-27-24)20-14-16-28(17-15-20)18-19-8-3-1-4-9-19/h5,10,19-22,29H,1-4,6-9,11-18H2. The number of allylic oxidation sites excluding steroid dienone is 1. The van der Waals surface area contributed by atoms with E-state index in [1.165, 1.54) is 45.1 Å². The second kappa shape index (κ2) is 9.12. The molecule has 3 aliphatic carbocycles. The van der Waals surface area contributed by atoms with Gasteiger partial charge in [0, 0.05) is 18.4 Å². The highest BCUT2D eigenvalue weighted by atomic mass is 16.5. The third-order valence-corrected chi connectivity index (χ3v) is 8.53. The summed E-state index contributed by atoms with van der Waals surface area (Å²) in [6.45, 7) is 3.55. The van der Waals surface area contributed by atoms with Crippen molar-refractivity contribution in [1.82, 2.24) is 15.0 Å². The number of nitrogens with zero attached hydrogens (tertiary/aromatic N) is 3. The largest absolute Gasteiger partial charge is 0.381 e. The van der Waals surface area contributed by atoms with Crippen LogP contribution in [0.1, 0.15) is 101 Å². The minimum absolute atomic E-state index is 0.124. The fourth-order valence-electron chi connectivity index (χ4n) is 6.34. The van der Waals surface area contributed by atoms with Crippen molar-refractivity contribution >= 4 is 0 Å². The van der Waals surface area contributed by atoms with Gasteiger partial charge < -0.3 is 14.5 Å². The van der Waals surface area contributed by atoms with E-state index < -0.39 is 5.60 Å². The average Bonchev–Trinajstić information content (AvgIpc) is 3.25. The number of likely N-dealkylation sites (tertiary alicyclic amines) is 1. The van der Waals surface area contributed by atoms with Crippen LogP contribution in [-0.4, -0.2) is 39.8 Å². The Bertz CT molecular complexity index is 714. The lowest BCUT2D eigenvalue weighted by atomic mass is 9.65. The van der Waals surface area contributed by atoms with Gasteiger partial charge in [0.2, 0.25) is 11.7 Å². The Hall–Kier alpha value is -1.20. The highest BCUT2D eigenvalue weighted by molar-refractivity contribution is 5.15. The van der Waals surface area contributed by atoms with E-state index in [0.29, 0.717) is 11.7 Å². The molecule has 1 aliphatic heterocycles. The van der Waals surface area contributed by atoms with Gasteiger partial charge in [-0.2, -0.15) is 4.98 Å². The minimum atomic E-state index is -0.946. The van der Waals surface area contributed by atoms with Crippen molar-refractivity contribution in [2.45, 2.75) is 95.0 Å². The summed E-state index contributed by atoms with van der Waals surface area (Å²) >= 11 is 0. The number of aromatic nitrogens is 2. The fourth-order valence-corrected chi connectivity index (χ4v) is 6.34. The molecule has 3 fully saturated rings. The summed E-state index contributed by atoms with van der Waals surface area (Å²) in [5.74, 6) is 2.98. The van der Waals surface area contributed by atoms with E-state index >= 15 is 0 Å². The van der Waals surface area contributed by atoms with Crippen LogP contribution in [0.3, 0.4) is 0 Å². The number of piperidine rings is 1. The second-order valence-corrected chi connectivity index (χ2v) is 10.5. The van der Waals surface area contributed by atoms with Crippen LogP contribution < -0.4 is 0 Å². The van der Waals surface area contributed by atoms with Crippen molar-refractivity contribution in [3.05, 3.63) is 23.9 Å². The molecular weight excluding hydrogens is 374 g/mol. The summed E-state index contributed by atoms with van der Waals surface area (Å²) in [6.07, 6.45) is 20.4. The zero-order valence-corrected chi connectivity index (χ0v) is 18.5. The van der Waals surface area contributed by atoms with Crippen LogP contribution >= 0.6 is 0 Å². The van der Waals surface area contributed by atoms with E-state index in [-0.39, 0.29) is 11.8 Å². The van der Waals surface area contributed by atoms with Gasteiger partial charge in [0.25, 0.3) is 0 Å². The summed E-state index contributed by atoms with van der Waals surface area (Å²) in [4.78, 5) is 7.50. The number of hydrogen-bond acceptors (Lipinski definition) is 5. The Balaban J connectivity index is 1.23. The molecule has 1 N–H and O–H groups in total. The molecule has 1 aromatic heterocycles. The van der Waals surface area contributed by atoms with E-state index in [9.17, 15) is 5.11 Å². The predicted molar refractivity (Wildman–Crippen MR) is 117 cm³/mol. The van der Waals surface area contributed by atoms with E-state index in [2.05, 4.69) is 22.2 Å². The SMILES string of the molecule is OC(c1noc(C2CCN(CC3CCCCC3)CC2)n1)(C1C=CCCC1)C1CCC1. The van der Waals surface area contributed by atoms with E-state index in [0.717, 1.165) is 69.8 Å². The van der Waals surface area contributed by atoms with Gasteiger partial charge in [-0.3, -0.25) is 0 Å². The Morgan fingerprint density at radius 1 is 0.967 bits per heavy atom. The lowest BCUT2D eigenvalue weighted by Gasteiger charge is -2.44. The molecular formula is C25H39N3O2. The van der Waals surface area contributed by atoms with Crippen LogP contribution in [0.4, 0.5) is 0 Å². The zero-order chi connectivity index (χ0) is 20.4.